The first-order chi connectivity index (χ1) is 11.3. The molecule has 0 unspecified atom stereocenters. The second-order valence-corrected chi connectivity index (χ2v) is 6.51. The minimum absolute atomic E-state index is 0.140. The molecule has 1 atom stereocenters. The SMILES string of the molecule is Cc1ccc(C)c(NC(=O)[C@H](C)N(C)Cc2c(F)cccc2Cl)c1. The zero-order valence-electron chi connectivity index (χ0n) is 14.4. The van der Waals surface area contributed by atoms with Gasteiger partial charge in [0.05, 0.1) is 6.04 Å². The van der Waals surface area contributed by atoms with Crippen molar-refractivity contribution in [1.82, 2.24) is 4.90 Å². The maximum Gasteiger partial charge on any atom is 0.241 e. The van der Waals surface area contributed by atoms with Crippen LogP contribution in [-0.4, -0.2) is 23.9 Å². The van der Waals surface area contributed by atoms with Crippen LogP contribution < -0.4 is 5.32 Å². The predicted octanol–water partition coefficient (Wildman–Crippen LogP) is 4.55. The van der Waals surface area contributed by atoms with E-state index in [2.05, 4.69) is 5.32 Å². The Hall–Kier alpha value is -1.91. The molecule has 0 spiro atoms. The van der Waals surface area contributed by atoms with Gasteiger partial charge in [-0.25, -0.2) is 4.39 Å². The lowest BCUT2D eigenvalue weighted by Crippen LogP contribution is -2.39. The summed E-state index contributed by atoms with van der Waals surface area (Å²) in [5, 5.41) is 3.30. The summed E-state index contributed by atoms with van der Waals surface area (Å²) in [6.45, 7) is 5.97. The molecule has 0 fully saturated rings. The second-order valence-electron chi connectivity index (χ2n) is 6.10. The van der Waals surface area contributed by atoms with Crippen LogP contribution in [0.4, 0.5) is 10.1 Å². The Bertz CT molecular complexity index is 728. The maximum absolute atomic E-state index is 13.9. The van der Waals surface area contributed by atoms with Crippen LogP contribution >= 0.6 is 11.6 Å². The van der Waals surface area contributed by atoms with Gasteiger partial charge in [0.2, 0.25) is 5.91 Å². The first-order valence-electron chi connectivity index (χ1n) is 7.81. The minimum atomic E-state index is -0.430. The van der Waals surface area contributed by atoms with Crippen LogP contribution in [0.15, 0.2) is 36.4 Å². The molecule has 3 nitrogen and oxygen atoms in total. The molecular weight excluding hydrogens is 327 g/mol. The Labute approximate surface area is 147 Å². The highest BCUT2D eigenvalue weighted by molar-refractivity contribution is 6.31. The number of amides is 1. The van der Waals surface area contributed by atoms with E-state index in [-0.39, 0.29) is 18.3 Å². The molecule has 1 amide bonds. The zero-order chi connectivity index (χ0) is 17.9. The van der Waals surface area contributed by atoms with Crippen molar-refractivity contribution in [3.63, 3.8) is 0 Å². The Morgan fingerprint density at radius 1 is 1.29 bits per heavy atom. The molecule has 0 saturated carbocycles. The summed E-state index contributed by atoms with van der Waals surface area (Å²) in [7, 11) is 1.77. The molecule has 0 aliphatic heterocycles. The Balaban J connectivity index is 2.08. The molecule has 1 N–H and O–H groups in total. The van der Waals surface area contributed by atoms with Crippen LogP contribution in [0.5, 0.6) is 0 Å². The number of likely N-dealkylation sites (N-methyl/N-ethyl adjacent to an activating group) is 1. The van der Waals surface area contributed by atoms with Crippen LogP contribution in [0.2, 0.25) is 5.02 Å². The van der Waals surface area contributed by atoms with Crippen molar-refractivity contribution in [2.75, 3.05) is 12.4 Å². The fraction of sp³-hybridized carbons (Fsp3) is 0.316. The summed E-state index contributed by atoms with van der Waals surface area (Å²) < 4.78 is 13.9. The van der Waals surface area contributed by atoms with Gasteiger partial charge in [-0.05, 0) is 57.1 Å². The zero-order valence-corrected chi connectivity index (χ0v) is 15.1. The molecule has 0 radical (unpaired) electrons. The van der Waals surface area contributed by atoms with E-state index < -0.39 is 6.04 Å². The Kier molecular flexibility index (Phi) is 5.97. The van der Waals surface area contributed by atoms with Gasteiger partial charge in [0.25, 0.3) is 0 Å². The molecule has 5 heteroatoms. The predicted molar refractivity (Wildman–Crippen MR) is 96.9 cm³/mol. The van der Waals surface area contributed by atoms with Crippen molar-refractivity contribution >= 4 is 23.2 Å². The van der Waals surface area contributed by atoms with Crippen LogP contribution in [0.25, 0.3) is 0 Å². The number of carbonyl (C=O) groups is 1. The summed E-state index contributed by atoms with van der Waals surface area (Å²) in [6.07, 6.45) is 0. The first kappa shape index (κ1) is 18.4. The molecule has 0 aliphatic rings. The number of hydrogen-bond donors (Lipinski definition) is 1. The molecule has 0 heterocycles. The first-order valence-corrected chi connectivity index (χ1v) is 8.18. The highest BCUT2D eigenvalue weighted by Gasteiger charge is 2.21. The monoisotopic (exact) mass is 348 g/mol. The fourth-order valence-corrected chi connectivity index (χ4v) is 2.60. The van der Waals surface area contributed by atoms with E-state index in [1.54, 1.807) is 31.0 Å². The lowest BCUT2D eigenvalue weighted by atomic mass is 10.1. The lowest BCUT2D eigenvalue weighted by Gasteiger charge is -2.25. The second kappa shape index (κ2) is 7.77. The summed E-state index contributed by atoms with van der Waals surface area (Å²) in [4.78, 5) is 14.3. The third-order valence-electron chi connectivity index (χ3n) is 4.16. The number of nitrogens with zero attached hydrogens (tertiary/aromatic N) is 1. The van der Waals surface area contributed by atoms with E-state index >= 15 is 0 Å². The molecule has 2 rings (SSSR count). The molecule has 2 aromatic rings. The minimum Gasteiger partial charge on any atom is -0.324 e. The normalized spacial score (nSPS) is 12.3. The Morgan fingerprint density at radius 2 is 2.00 bits per heavy atom. The van der Waals surface area contributed by atoms with Crippen molar-refractivity contribution in [3.05, 3.63) is 63.9 Å². The lowest BCUT2D eigenvalue weighted by molar-refractivity contribution is -0.120. The van der Waals surface area contributed by atoms with Crippen molar-refractivity contribution in [2.24, 2.45) is 0 Å². The smallest absolute Gasteiger partial charge is 0.241 e. The van der Waals surface area contributed by atoms with Gasteiger partial charge < -0.3 is 5.32 Å². The van der Waals surface area contributed by atoms with Crippen molar-refractivity contribution in [2.45, 2.75) is 33.4 Å². The summed E-state index contributed by atoms with van der Waals surface area (Å²) in [6, 6.07) is 10.1. The quantitative estimate of drug-likeness (QED) is 0.859. The summed E-state index contributed by atoms with van der Waals surface area (Å²) in [5.74, 6) is -0.504. The number of aryl methyl sites for hydroxylation is 2. The molecule has 0 aliphatic carbocycles. The third kappa shape index (κ3) is 4.34. The van der Waals surface area contributed by atoms with Crippen LogP contribution in [0.3, 0.4) is 0 Å². The van der Waals surface area contributed by atoms with E-state index in [0.29, 0.717) is 10.6 Å². The van der Waals surface area contributed by atoms with Crippen LogP contribution in [0.1, 0.15) is 23.6 Å². The molecular formula is C19H22ClFN2O. The average Bonchev–Trinajstić information content (AvgIpc) is 2.53. The molecule has 2 aromatic carbocycles. The van der Waals surface area contributed by atoms with Gasteiger partial charge in [-0.1, -0.05) is 29.8 Å². The standard InChI is InChI=1S/C19H22ClFN2O/c1-12-8-9-13(2)18(10-12)22-19(24)14(3)23(4)11-15-16(20)6-5-7-17(15)21/h5-10,14H,11H2,1-4H3,(H,22,24)/t14-/m0/s1. The van der Waals surface area contributed by atoms with E-state index in [9.17, 15) is 9.18 Å². The number of anilines is 1. The van der Waals surface area contributed by atoms with Crippen molar-refractivity contribution in [1.29, 1.82) is 0 Å². The van der Waals surface area contributed by atoms with Crippen molar-refractivity contribution in [3.8, 4) is 0 Å². The van der Waals surface area contributed by atoms with Gasteiger partial charge in [0, 0.05) is 22.8 Å². The average molecular weight is 349 g/mol. The van der Waals surface area contributed by atoms with Gasteiger partial charge in [-0.2, -0.15) is 0 Å². The Morgan fingerprint density at radius 3 is 2.67 bits per heavy atom. The molecule has 0 bridgehead atoms. The maximum atomic E-state index is 13.9. The molecule has 0 aromatic heterocycles. The van der Waals surface area contributed by atoms with Gasteiger partial charge in [-0.15, -0.1) is 0 Å². The molecule has 24 heavy (non-hydrogen) atoms. The number of carbonyl (C=O) groups excluding carboxylic acids is 1. The summed E-state index contributed by atoms with van der Waals surface area (Å²) in [5.41, 5.74) is 3.27. The van der Waals surface area contributed by atoms with Gasteiger partial charge >= 0.3 is 0 Å². The number of hydrogen-bond acceptors (Lipinski definition) is 2. The largest absolute Gasteiger partial charge is 0.324 e. The van der Waals surface area contributed by atoms with E-state index in [0.717, 1.165) is 16.8 Å². The molecule has 0 saturated heterocycles. The van der Waals surface area contributed by atoms with E-state index in [4.69, 9.17) is 11.6 Å². The number of halogens is 2. The number of nitrogens with one attached hydrogen (secondary N) is 1. The highest BCUT2D eigenvalue weighted by Crippen LogP contribution is 2.22. The summed E-state index contributed by atoms with van der Waals surface area (Å²) >= 11 is 6.06. The number of benzene rings is 2. The van der Waals surface area contributed by atoms with E-state index in [1.165, 1.54) is 6.07 Å². The van der Waals surface area contributed by atoms with Gasteiger partial charge in [0.15, 0.2) is 0 Å². The fourth-order valence-electron chi connectivity index (χ4n) is 2.38. The van der Waals surface area contributed by atoms with E-state index in [1.807, 2.05) is 32.0 Å². The van der Waals surface area contributed by atoms with Crippen LogP contribution in [-0.2, 0) is 11.3 Å². The van der Waals surface area contributed by atoms with Gasteiger partial charge in [-0.3, -0.25) is 9.69 Å². The number of rotatable bonds is 5. The van der Waals surface area contributed by atoms with Gasteiger partial charge in [0.1, 0.15) is 5.82 Å². The van der Waals surface area contributed by atoms with Crippen molar-refractivity contribution < 1.29 is 9.18 Å². The third-order valence-corrected chi connectivity index (χ3v) is 4.51. The topological polar surface area (TPSA) is 32.3 Å². The van der Waals surface area contributed by atoms with Crippen LogP contribution in [0, 0.1) is 19.7 Å². The highest BCUT2D eigenvalue weighted by atomic mass is 35.5. The molecule has 128 valence electrons.